The molecule has 4 rings (SSSR count). The summed E-state index contributed by atoms with van der Waals surface area (Å²) in [4.78, 5) is 16.5. The summed E-state index contributed by atoms with van der Waals surface area (Å²) in [6.07, 6.45) is 3.54. The first-order valence-corrected chi connectivity index (χ1v) is 10.0. The summed E-state index contributed by atoms with van der Waals surface area (Å²) in [6.45, 7) is 2.87. The average molecular weight is 415 g/mol. The standard InChI is InChI=1S/C25H22FN3O2/c1-2-31-19-10-7-17(8-11-19)20-12-9-18(22-16-27-14-13-21(20)22)15-28-25(30)29-24-6-4-3-5-23(24)26/h3-14,16H,2,15H2,1H3,(H2,28,29,30). The van der Waals surface area contributed by atoms with Crippen molar-refractivity contribution in [2.75, 3.05) is 11.9 Å². The number of anilines is 1. The van der Waals surface area contributed by atoms with Gasteiger partial charge < -0.3 is 15.4 Å². The topological polar surface area (TPSA) is 63.2 Å². The number of aromatic nitrogens is 1. The van der Waals surface area contributed by atoms with Crippen LogP contribution in [-0.4, -0.2) is 17.6 Å². The molecular formula is C25H22FN3O2. The molecule has 5 nitrogen and oxygen atoms in total. The summed E-state index contributed by atoms with van der Waals surface area (Å²) >= 11 is 0. The highest BCUT2D eigenvalue weighted by atomic mass is 19.1. The van der Waals surface area contributed by atoms with Gasteiger partial charge in [0.25, 0.3) is 0 Å². The fraction of sp³-hybridized carbons (Fsp3) is 0.120. The van der Waals surface area contributed by atoms with Gasteiger partial charge in [0.2, 0.25) is 0 Å². The Hall–Kier alpha value is -3.93. The van der Waals surface area contributed by atoms with E-state index in [0.29, 0.717) is 6.61 Å². The number of halogens is 1. The van der Waals surface area contributed by atoms with Gasteiger partial charge in [-0.1, -0.05) is 36.4 Å². The van der Waals surface area contributed by atoms with Gasteiger partial charge >= 0.3 is 6.03 Å². The molecule has 2 N–H and O–H groups in total. The molecule has 0 saturated carbocycles. The number of carbonyl (C=O) groups excluding carboxylic acids is 1. The Kier molecular flexibility index (Phi) is 6.08. The number of nitrogens with one attached hydrogen (secondary N) is 2. The predicted octanol–water partition coefficient (Wildman–Crippen LogP) is 5.76. The van der Waals surface area contributed by atoms with Crippen molar-refractivity contribution in [3.63, 3.8) is 0 Å². The fourth-order valence-electron chi connectivity index (χ4n) is 3.46. The zero-order chi connectivity index (χ0) is 21.6. The van der Waals surface area contributed by atoms with Crippen LogP contribution >= 0.6 is 0 Å². The molecule has 0 unspecified atom stereocenters. The second-order valence-corrected chi connectivity index (χ2v) is 6.94. The summed E-state index contributed by atoms with van der Waals surface area (Å²) in [5.41, 5.74) is 3.19. The van der Waals surface area contributed by atoms with Crippen molar-refractivity contribution < 1.29 is 13.9 Å². The number of hydrogen-bond donors (Lipinski definition) is 2. The van der Waals surface area contributed by atoms with E-state index in [1.54, 1.807) is 24.5 Å². The summed E-state index contributed by atoms with van der Waals surface area (Å²) in [5.74, 6) is 0.353. The van der Waals surface area contributed by atoms with Gasteiger partial charge in [0.15, 0.2) is 0 Å². The zero-order valence-corrected chi connectivity index (χ0v) is 17.1. The van der Waals surface area contributed by atoms with Gasteiger partial charge in [0.05, 0.1) is 12.3 Å². The van der Waals surface area contributed by atoms with Crippen LogP contribution in [-0.2, 0) is 6.54 Å². The summed E-state index contributed by atoms with van der Waals surface area (Å²) in [5, 5.41) is 7.29. The Bertz CT molecular complexity index is 1210. The maximum atomic E-state index is 13.7. The first kappa shape index (κ1) is 20.3. The summed E-state index contributed by atoms with van der Waals surface area (Å²) in [7, 11) is 0. The molecule has 0 fully saturated rings. The van der Waals surface area contributed by atoms with Crippen LogP contribution in [0.5, 0.6) is 5.75 Å². The fourth-order valence-corrected chi connectivity index (χ4v) is 3.46. The number of benzene rings is 3. The summed E-state index contributed by atoms with van der Waals surface area (Å²) in [6, 6.07) is 19.5. The first-order chi connectivity index (χ1) is 15.2. The minimum atomic E-state index is -0.480. The van der Waals surface area contributed by atoms with Crippen molar-refractivity contribution in [1.82, 2.24) is 10.3 Å². The molecule has 0 saturated heterocycles. The number of ether oxygens (including phenoxy) is 1. The number of amides is 2. The number of para-hydroxylation sites is 1. The van der Waals surface area contributed by atoms with Crippen LogP contribution in [0.25, 0.3) is 21.9 Å². The molecule has 3 aromatic carbocycles. The Balaban J connectivity index is 1.55. The molecule has 0 bridgehead atoms. The third-order valence-corrected chi connectivity index (χ3v) is 4.95. The number of carbonyl (C=O) groups is 1. The Labute approximate surface area is 179 Å². The van der Waals surface area contributed by atoms with E-state index in [9.17, 15) is 9.18 Å². The molecule has 2 amide bonds. The van der Waals surface area contributed by atoms with Crippen LogP contribution in [0.4, 0.5) is 14.9 Å². The largest absolute Gasteiger partial charge is 0.494 e. The summed E-state index contributed by atoms with van der Waals surface area (Å²) < 4.78 is 19.3. The smallest absolute Gasteiger partial charge is 0.319 e. The van der Waals surface area contributed by atoms with E-state index in [-0.39, 0.29) is 12.2 Å². The highest BCUT2D eigenvalue weighted by molar-refractivity contribution is 5.98. The van der Waals surface area contributed by atoms with Crippen LogP contribution in [0.3, 0.4) is 0 Å². The molecule has 1 heterocycles. The van der Waals surface area contributed by atoms with Crippen molar-refractivity contribution in [2.24, 2.45) is 0 Å². The number of hydrogen-bond acceptors (Lipinski definition) is 3. The van der Waals surface area contributed by atoms with E-state index < -0.39 is 11.8 Å². The Morgan fingerprint density at radius 2 is 1.81 bits per heavy atom. The van der Waals surface area contributed by atoms with Crippen molar-refractivity contribution >= 4 is 22.5 Å². The third kappa shape index (κ3) is 4.64. The van der Waals surface area contributed by atoms with E-state index in [1.807, 2.05) is 49.4 Å². The zero-order valence-electron chi connectivity index (χ0n) is 17.1. The van der Waals surface area contributed by atoms with Crippen molar-refractivity contribution in [2.45, 2.75) is 13.5 Å². The van der Waals surface area contributed by atoms with E-state index in [1.165, 1.54) is 12.1 Å². The second kappa shape index (κ2) is 9.26. The Morgan fingerprint density at radius 3 is 2.58 bits per heavy atom. The lowest BCUT2D eigenvalue weighted by atomic mass is 9.96. The van der Waals surface area contributed by atoms with E-state index in [0.717, 1.165) is 33.2 Å². The number of nitrogens with zero attached hydrogens (tertiary/aromatic N) is 1. The SMILES string of the molecule is CCOc1ccc(-c2ccc(CNC(=O)Nc3ccccc3F)c3cnccc23)cc1. The number of pyridine rings is 1. The Morgan fingerprint density at radius 1 is 1.00 bits per heavy atom. The monoisotopic (exact) mass is 415 g/mol. The average Bonchev–Trinajstić information content (AvgIpc) is 2.80. The first-order valence-electron chi connectivity index (χ1n) is 10.0. The molecule has 0 spiro atoms. The quantitative estimate of drug-likeness (QED) is 0.421. The maximum absolute atomic E-state index is 13.7. The lowest BCUT2D eigenvalue weighted by Gasteiger charge is -2.13. The molecule has 0 aliphatic heterocycles. The van der Waals surface area contributed by atoms with E-state index >= 15 is 0 Å². The van der Waals surface area contributed by atoms with Crippen molar-refractivity contribution in [3.05, 3.63) is 90.5 Å². The van der Waals surface area contributed by atoms with E-state index in [4.69, 9.17) is 4.74 Å². The van der Waals surface area contributed by atoms with Gasteiger partial charge in [-0.15, -0.1) is 0 Å². The molecule has 0 aliphatic rings. The van der Waals surface area contributed by atoms with Gasteiger partial charge in [-0.2, -0.15) is 0 Å². The number of urea groups is 1. The second-order valence-electron chi connectivity index (χ2n) is 6.94. The molecule has 0 radical (unpaired) electrons. The minimum Gasteiger partial charge on any atom is -0.494 e. The third-order valence-electron chi connectivity index (χ3n) is 4.95. The van der Waals surface area contributed by atoms with Gasteiger partial charge in [-0.3, -0.25) is 4.98 Å². The van der Waals surface area contributed by atoms with Gasteiger partial charge in [-0.05, 0) is 59.3 Å². The molecule has 6 heteroatoms. The lowest BCUT2D eigenvalue weighted by molar-refractivity contribution is 0.251. The molecular weight excluding hydrogens is 393 g/mol. The van der Waals surface area contributed by atoms with Crippen LogP contribution in [0.2, 0.25) is 0 Å². The van der Waals surface area contributed by atoms with Crippen LogP contribution in [0.15, 0.2) is 79.1 Å². The molecule has 0 aliphatic carbocycles. The number of fused-ring (bicyclic) bond motifs is 1. The lowest BCUT2D eigenvalue weighted by Crippen LogP contribution is -2.28. The van der Waals surface area contributed by atoms with Gasteiger partial charge in [-0.25, -0.2) is 9.18 Å². The molecule has 1 aromatic heterocycles. The van der Waals surface area contributed by atoms with Crippen molar-refractivity contribution in [1.29, 1.82) is 0 Å². The maximum Gasteiger partial charge on any atom is 0.319 e. The van der Waals surface area contributed by atoms with Gasteiger partial charge in [0.1, 0.15) is 11.6 Å². The van der Waals surface area contributed by atoms with Crippen molar-refractivity contribution in [3.8, 4) is 16.9 Å². The predicted molar refractivity (Wildman–Crippen MR) is 121 cm³/mol. The van der Waals surface area contributed by atoms with Crippen LogP contribution in [0, 0.1) is 5.82 Å². The molecule has 31 heavy (non-hydrogen) atoms. The molecule has 4 aromatic rings. The van der Waals surface area contributed by atoms with Crippen LogP contribution < -0.4 is 15.4 Å². The highest BCUT2D eigenvalue weighted by Crippen LogP contribution is 2.31. The van der Waals surface area contributed by atoms with Crippen LogP contribution in [0.1, 0.15) is 12.5 Å². The molecule has 156 valence electrons. The van der Waals surface area contributed by atoms with E-state index in [2.05, 4.69) is 15.6 Å². The number of rotatable bonds is 6. The van der Waals surface area contributed by atoms with Gasteiger partial charge in [0, 0.05) is 24.3 Å². The minimum absolute atomic E-state index is 0.136. The molecule has 0 atom stereocenters. The highest BCUT2D eigenvalue weighted by Gasteiger charge is 2.10. The normalized spacial score (nSPS) is 10.6.